The van der Waals surface area contributed by atoms with Crippen molar-refractivity contribution < 1.29 is 9.59 Å². The van der Waals surface area contributed by atoms with Crippen molar-refractivity contribution in [1.29, 1.82) is 0 Å². The maximum atomic E-state index is 11.9. The predicted octanol–water partition coefficient (Wildman–Crippen LogP) is 0.0466. The van der Waals surface area contributed by atoms with E-state index in [1.165, 1.54) is 0 Å². The van der Waals surface area contributed by atoms with Gasteiger partial charge in [-0.15, -0.1) is 0 Å². The summed E-state index contributed by atoms with van der Waals surface area (Å²) in [7, 11) is 7.30. The molecule has 116 valence electrons. The zero-order valence-corrected chi connectivity index (χ0v) is 13.1. The van der Waals surface area contributed by atoms with Crippen LogP contribution in [-0.4, -0.2) is 58.0 Å². The van der Waals surface area contributed by atoms with Crippen LogP contribution in [0.25, 0.3) is 0 Å². The molecule has 0 fully saturated rings. The Kier molecular flexibility index (Phi) is 6.68. The van der Waals surface area contributed by atoms with Gasteiger partial charge in [0.1, 0.15) is 0 Å². The van der Waals surface area contributed by atoms with E-state index in [2.05, 4.69) is 10.6 Å². The van der Waals surface area contributed by atoms with Crippen LogP contribution in [0.15, 0.2) is 24.3 Å². The molecule has 0 heterocycles. The lowest BCUT2D eigenvalue weighted by atomic mass is 10.2. The van der Waals surface area contributed by atoms with E-state index in [4.69, 9.17) is 0 Å². The number of anilines is 1. The van der Waals surface area contributed by atoms with Crippen LogP contribution in [0.3, 0.4) is 0 Å². The molecule has 0 aliphatic carbocycles. The Morgan fingerprint density at radius 2 is 1.67 bits per heavy atom. The second-order valence-electron chi connectivity index (χ2n) is 5.09. The molecule has 0 saturated carbocycles. The van der Waals surface area contributed by atoms with Gasteiger partial charge in [-0.05, 0) is 17.7 Å². The first kappa shape index (κ1) is 17.0. The zero-order valence-electron chi connectivity index (χ0n) is 13.1. The van der Waals surface area contributed by atoms with Gasteiger partial charge in [0.2, 0.25) is 11.8 Å². The van der Waals surface area contributed by atoms with Crippen molar-refractivity contribution in [1.82, 2.24) is 15.5 Å². The number of rotatable bonds is 7. The number of carbonyl (C=O) groups excluding carboxylic acids is 2. The lowest BCUT2D eigenvalue weighted by Crippen LogP contribution is -2.39. The van der Waals surface area contributed by atoms with Crippen LogP contribution in [0, 0.1) is 0 Å². The number of likely N-dealkylation sites (N-methyl/N-ethyl adjacent to an activating group) is 2. The Morgan fingerprint density at radius 1 is 1.05 bits per heavy atom. The van der Waals surface area contributed by atoms with Crippen LogP contribution in [0.5, 0.6) is 0 Å². The van der Waals surface area contributed by atoms with Gasteiger partial charge in [-0.2, -0.15) is 0 Å². The zero-order chi connectivity index (χ0) is 15.8. The minimum absolute atomic E-state index is 0.0458. The van der Waals surface area contributed by atoms with E-state index in [1.54, 1.807) is 19.0 Å². The summed E-state index contributed by atoms with van der Waals surface area (Å²) in [6, 6.07) is 8.07. The maximum absolute atomic E-state index is 11.9. The Labute approximate surface area is 126 Å². The molecular weight excluding hydrogens is 268 g/mol. The highest BCUT2D eigenvalue weighted by Crippen LogP contribution is 2.13. The number of nitrogens with zero attached hydrogens (tertiary/aromatic N) is 2. The van der Waals surface area contributed by atoms with E-state index in [0.29, 0.717) is 6.54 Å². The Morgan fingerprint density at radius 3 is 2.19 bits per heavy atom. The molecule has 2 N–H and O–H groups in total. The van der Waals surface area contributed by atoms with E-state index in [0.717, 1.165) is 11.3 Å². The highest BCUT2D eigenvalue weighted by Gasteiger charge is 2.09. The van der Waals surface area contributed by atoms with Crippen LogP contribution < -0.4 is 15.5 Å². The summed E-state index contributed by atoms with van der Waals surface area (Å²) < 4.78 is 0. The highest BCUT2D eigenvalue weighted by atomic mass is 16.2. The first-order valence-corrected chi connectivity index (χ1v) is 6.85. The second-order valence-corrected chi connectivity index (χ2v) is 5.09. The van der Waals surface area contributed by atoms with E-state index in [-0.39, 0.29) is 24.9 Å². The Hall–Kier alpha value is -2.08. The van der Waals surface area contributed by atoms with E-state index in [9.17, 15) is 9.59 Å². The average molecular weight is 292 g/mol. The molecule has 0 unspecified atom stereocenters. The molecule has 1 aromatic rings. The SMILES string of the molecule is CNC(=O)CNCC(=O)N(C)Cc1ccc(N(C)C)cc1. The second kappa shape index (κ2) is 8.26. The Balaban J connectivity index is 2.42. The van der Waals surface area contributed by atoms with Gasteiger partial charge in [0.15, 0.2) is 0 Å². The molecule has 21 heavy (non-hydrogen) atoms. The third-order valence-electron chi connectivity index (χ3n) is 3.14. The first-order valence-electron chi connectivity index (χ1n) is 6.85. The molecule has 2 amide bonds. The van der Waals surface area contributed by atoms with Crippen LogP contribution in [0.1, 0.15) is 5.56 Å². The first-order chi connectivity index (χ1) is 9.93. The smallest absolute Gasteiger partial charge is 0.236 e. The van der Waals surface area contributed by atoms with Crippen molar-refractivity contribution in [3.63, 3.8) is 0 Å². The predicted molar refractivity (Wildman–Crippen MR) is 84.2 cm³/mol. The van der Waals surface area contributed by atoms with E-state index < -0.39 is 0 Å². The van der Waals surface area contributed by atoms with Crippen molar-refractivity contribution in [2.24, 2.45) is 0 Å². The monoisotopic (exact) mass is 292 g/mol. The third kappa shape index (κ3) is 5.83. The topological polar surface area (TPSA) is 64.7 Å². The van der Waals surface area contributed by atoms with Gasteiger partial charge in [0, 0.05) is 40.4 Å². The number of hydrogen-bond acceptors (Lipinski definition) is 4. The molecule has 0 aliphatic heterocycles. The summed E-state index contributed by atoms with van der Waals surface area (Å²) in [6.45, 7) is 0.849. The fraction of sp³-hybridized carbons (Fsp3) is 0.467. The van der Waals surface area contributed by atoms with Crippen LogP contribution in [0.2, 0.25) is 0 Å². The van der Waals surface area contributed by atoms with E-state index >= 15 is 0 Å². The lowest BCUT2D eigenvalue weighted by Gasteiger charge is -2.18. The minimum atomic E-state index is -0.135. The quantitative estimate of drug-likeness (QED) is 0.745. The fourth-order valence-electron chi connectivity index (χ4n) is 1.77. The third-order valence-corrected chi connectivity index (χ3v) is 3.14. The number of carbonyl (C=O) groups is 2. The van der Waals surface area contributed by atoms with Gasteiger partial charge in [0.25, 0.3) is 0 Å². The molecule has 0 atom stereocenters. The molecule has 0 aliphatic rings. The van der Waals surface area contributed by atoms with Gasteiger partial charge in [-0.1, -0.05) is 12.1 Å². The maximum Gasteiger partial charge on any atom is 0.236 e. The van der Waals surface area contributed by atoms with Crippen molar-refractivity contribution in [2.45, 2.75) is 6.54 Å². The summed E-state index contributed by atoms with van der Waals surface area (Å²) in [4.78, 5) is 26.6. The summed E-state index contributed by atoms with van der Waals surface area (Å²) in [5.41, 5.74) is 2.20. The standard InChI is InChI=1S/C15H24N4O2/c1-16-14(20)9-17-10-15(21)19(4)11-12-5-7-13(8-6-12)18(2)3/h5-8,17H,9-11H2,1-4H3,(H,16,20). The lowest BCUT2D eigenvalue weighted by molar-refractivity contribution is -0.129. The largest absolute Gasteiger partial charge is 0.378 e. The van der Waals surface area contributed by atoms with Gasteiger partial charge in [0.05, 0.1) is 13.1 Å². The molecule has 6 heteroatoms. The molecular formula is C15H24N4O2. The molecule has 0 spiro atoms. The molecule has 6 nitrogen and oxygen atoms in total. The Bertz CT molecular complexity index is 471. The fourth-order valence-corrected chi connectivity index (χ4v) is 1.77. The molecule has 0 bridgehead atoms. The summed E-state index contributed by atoms with van der Waals surface area (Å²) >= 11 is 0. The van der Waals surface area contributed by atoms with Crippen LogP contribution in [0.4, 0.5) is 5.69 Å². The average Bonchev–Trinajstić information content (AvgIpc) is 2.47. The summed E-state index contributed by atoms with van der Waals surface area (Å²) in [6.07, 6.45) is 0. The van der Waals surface area contributed by atoms with Crippen molar-refractivity contribution in [2.75, 3.05) is 46.2 Å². The number of hydrogen-bond donors (Lipinski definition) is 2. The molecule has 0 saturated heterocycles. The minimum Gasteiger partial charge on any atom is -0.378 e. The van der Waals surface area contributed by atoms with Gasteiger partial charge >= 0.3 is 0 Å². The van der Waals surface area contributed by atoms with E-state index in [1.807, 2.05) is 43.3 Å². The molecule has 1 rings (SSSR count). The van der Waals surface area contributed by atoms with Crippen LogP contribution in [-0.2, 0) is 16.1 Å². The molecule has 0 aromatic heterocycles. The molecule has 1 aromatic carbocycles. The summed E-state index contributed by atoms with van der Waals surface area (Å²) in [5, 5.41) is 5.31. The van der Waals surface area contributed by atoms with Gasteiger partial charge < -0.3 is 15.1 Å². The highest BCUT2D eigenvalue weighted by molar-refractivity contribution is 5.80. The normalized spacial score (nSPS) is 10.1. The number of amides is 2. The van der Waals surface area contributed by atoms with Crippen LogP contribution >= 0.6 is 0 Å². The van der Waals surface area contributed by atoms with Gasteiger partial charge in [-0.25, -0.2) is 0 Å². The summed E-state index contributed by atoms with van der Waals surface area (Å²) in [5.74, 6) is -0.180. The number of benzene rings is 1. The van der Waals surface area contributed by atoms with Crippen molar-refractivity contribution >= 4 is 17.5 Å². The number of nitrogens with one attached hydrogen (secondary N) is 2. The van der Waals surface area contributed by atoms with Gasteiger partial charge in [-0.3, -0.25) is 14.9 Å². The van der Waals surface area contributed by atoms with Crippen molar-refractivity contribution in [3.05, 3.63) is 29.8 Å². The van der Waals surface area contributed by atoms with Crippen molar-refractivity contribution in [3.8, 4) is 0 Å². The molecule has 0 radical (unpaired) electrons.